The number of hydrogen-bond donors (Lipinski definition) is 2. The van der Waals surface area contributed by atoms with Crippen molar-refractivity contribution in [3.8, 4) is 22.9 Å². The molecule has 0 fully saturated rings. The summed E-state index contributed by atoms with van der Waals surface area (Å²) in [5.41, 5.74) is 7.72. The minimum atomic E-state index is -0.611. The second-order valence-electron chi connectivity index (χ2n) is 5.55. The first-order chi connectivity index (χ1) is 12.6. The van der Waals surface area contributed by atoms with Crippen LogP contribution in [0.5, 0.6) is 11.6 Å². The molecule has 2 aromatic heterocycles. The lowest BCUT2D eigenvalue weighted by Gasteiger charge is -2.14. The summed E-state index contributed by atoms with van der Waals surface area (Å²) < 4.78 is 14.3. The van der Waals surface area contributed by atoms with Gasteiger partial charge >= 0.3 is 6.09 Å². The van der Waals surface area contributed by atoms with Crippen molar-refractivity contribution in [1.29, 1.82) is 0 Å². The van der Waals surface area contributed by atoms with E-state index >= 15 is 0 Å². The van der Waals surface area contributed by atoms with Gasteiger partial charge in [0.15, 0.2) is 0 Å². The fraction of sp³-hybridized carbons (Fsp3) is 0.235. The number of benzene rings is 1. The first kappa shape index (κ1) is 17.5. The molecule has 0 atom stereocenters. The van der Waals surface area contributed by atoms with E-state index in [0.29, 0.717) is 30.5 Å². The summed E-state index contributed by atoms with van der Waals surface area (Å²) in [4.78, 5) is 16.0. The average Bonchev–Trinajstić information content (AvgIpc) is 3.22. The third-order valence-electron chi connectivity index (χ3n) is 3.67. The molecule has 0 radical (unpaired) electrons. The van der Waals surface area contributed by atoms with E-state index < -0.39 is 6.09 Å². The Hall–Kier alpha value is -3.33. The van der Waals surface area contributed by atoms with E-state index in [2.05, 4.69) is 15.4 Å². The third-order valence-corrected chi connectivity index (χ3v) is 3.67. The van der Waals surface area contributed by atoms with Crippen molar-refractivity contribution >= 4 is 11.8 Å². The molecular formula is C17H20N6O3. The number of aromatic nitrogens is 4. The van der Waals surface area contributed by atoms with Crippen molar-refractivity contribution in [2.45, 2.75) is 0 Å². The Labute approximate surface area is 150 Å². The summed E-state index contributed by atoms with van der Waals surface area (Å²) in [7, 11) is 3.57. The molecule has 1 aromatic carbocycles. The molecule has 9 heteroatoms. The quantitative estimate of drug-likeness (QED) is 0.697. The number of nitrogens with two attached hydrogens (primary N) is 1. The van der Waals surface area contributed by atoms with Crippen LogP contribution in [0.15, 0.2) is 43.0 Å². The molecule has 0 aliphatic heterocycles. The molecular weight excluding hydrogens is 336 g/mol. The Kier molecular flexibility index (Phi) is 5.18. The van der Waals surface area contributed by atoms with Crippen LogP contribution < -0.4 is 20.5 Å². The van der Waals surface area contributed by atoms with E-state index in [-0.39, 0.29) is 0 Å². The van der Waals surface area contributed by atoms with Gasteiger partial charge in [0.2, 0.25) is 5.88 Å². The highest BCUT2D eigenvalue weighted by Gasteiger charge is 2.14. The third kappa shape index (κ3) is 3.83. The van der Waals surface area contributed by atoms with Crippen LogP contribution in [0.3, 0.4) is 0 Å². The second kappa shape index (κ2) is 7.70. The minimum absolute atomic E-state index is 0.345. The molecule has 0 bridgehead atoms. The second-order valence-corrected chi connectivity index (χ2v) is 5.55. The van der Waals surface area contributed by atoms with Gasteiger partial charge in [0.1, 0.15) is 12.4 Å². The summed E-state index contributed by atoms with van der Waals surface area (Å²) in [5, 5.41) is 6.88. The molecule has 9 nitrogen and oxygen atoms in total. The van der Waals surface area contributed by atoms with E-state index in [1.54, 1.807) is 47.0 Å². The number of hydrogen-bond acceptors (Lipinski definition) is 6. The van der Waals surface area contributed by atoms with Crippen molar-refractivity contribution in [2.75, 3.05) is 18.5 Å². The zero-order chi connectivity index (χ0) is 18.5. The summed E-state index contributed by atoms with van der Waals surface area (Å²) in [6.07, 6.45) is 4.09. The number of amides is 1. The Morgan fingerprint density at radius 2 is 2.15 bits per heavy atom. The number of carbonyl (C=O) groups is 1. The lowest BCUT2D eigenvalue weighted by Crippen LogP contribution is -2.18. The van der Waals surface area contributed by atoms with Gasteiger partial charge in [-0.2, -0.15) is 5.10 Å². The number of nitrogens with zero attached hydrogens (tertiary/aromatic N) is 4. The summed E-state index contributed by atoms with van der Waals surface area (Å²) in [6, 6.07) is 7.17. The van der Waals surface area contributed by atoms with Gasteiger partial charge in [0.25, 0.3) is 0 Å². The molecule has 136 valence electrons. The molecule has 3 rings (SSSR count). The minimum Gasteiger partial charge on any atom is -0.492 e. The van der Waals surface area contributed by atoms with Gasteiger partial charge in [-0.05, 0) is 24.3 Å². The van der Waals surface area contributed by atoms with Gasteiger partial charge in [-0.3, -0.25) is 10.00 Å². The molecule has 1 amide bonds. The number of ether oxygens (including phenoxy) is 2. The van der Waals surface area contributed by atoms with Gasteiger partial charge in [-0.15, -0.1) is 0 Å². The SMILES string of the molecule is Cn1cncc1OC(=O)Nc1ccc(OCCN)c(-c2ccnn2C)c1. The van der Waals surface area contributed by atoms with Crippen molar-refractivity contribution in [1.82, 2.24) is 19.3 Å². The summed E-state index contributed by atoms with van der Waals surface area (Å²) in [6.45, 7) is 0.794. The van der Waals surface area contributed by atoms with E-state index in [4.69, 9.17) is 15.2 Å². The van der Waals surface area contributed by atoms with Crippen LogP contribution in [-0.4, -0.2) is 38.6 Å². The molecule has 2 heterocycles. The monoisotopic (exact) mass is 356 g/mol. The van der Waals surface area contributed by atoms with Gasteiger partial charge < -0.3 is 19.8 Å². The number of anilines is 1. The maximum atomic E-state index is 12.1. The fourth-order valence-electron chi connectivity index (χ4n) is 2.42. The van der Waals surface area contributed by atoms with Crippen LogP contribution in [-0.2, 0) is 14.1 Å². The molecule has 0 aliphatic rings. The Bertz CT molecular complexity index is 902. The molecule has 3 aromatic rings. The molecule has 0 spiro atoms. The van der Waals surface area contributed by atoms with Gasteiger partial charge in [-0.1, -0.05) is 0 Å². The maximum absolute atomic E-state index is 12.1. The van der Waals surface area contributed by atoms with Crippen LogP contribution in [0.4, 0.5) is 10.5 Å². The molecule has 0 aliphatic carbocycles. The molecule has 0 unspecified atom stereocenters. The summed E-state index contributed by atoms with van der Waals surface area (Å²) in [5.74, 6) is 1.00. The standard InChI is InChI=1S/C17H20N6O3/c1-22-11-19-10-16(22)26-17(24)21-12-3-4-15(25-8-6-18)13(9-12)14-5-7-20-23(14)2/h3-5,7,9-11H,6,8,18H2,1-2H3,(H,21,24). The molecule has 26 heavy (non-hydrogen) atoms. The Balaban J connectivity index is 1.83. The largest absolute Gasteiger partial charge is 0.492 e. The Morgan fingerprint density at radius 1 is 1.31 bits per heavy atom. The van der Waals surface area contributed by atoms with Crippen molar-refractivity contribution in [3.63, 3.8) is 0 Å². The predicted octanol–water partition coefficient (Wildman–Crippen LogP) is 1.77. The van der Waals surface area contributed by atoms with E-state index in [0.717, 1.165) is 11.3 Å². The topological polar surface area (TPSA) is 109 Å². The lowest BCUT2D eigenvalue weighted by atomic mass is 10.1. The highest BCUT2D eigenvalue weighted by molar-refractivity contribution is 5.87. The van der Waals surface area contributed by atoms with Crippen LogP contribution in [0.2, 0.25) is 0 Å². The number of imidazole rings is 1. The van der Waals surface area contributed by atoms with Crippen molar-refractivity contribution in [3.05, 3.63) is 43.0 Å². The van der Waals surface area contributed by atoms with Crippen molar-refractivity contribution < 1.29 is 14.3 Å². The first-order valence-electron chi connectivity index (χ1n) is 7.99. The zero-order valence-corrected chi connectivity index (χ0v) is 14.5. The number of nitrogens with one attached hydrogen (secondary N) is 1. The molecule has 0 saturated heterocycles. The number of carbonyl (C=O) groups excluding carboxylic acids is 1. The van der Waals surface area contributed by atoms with Crippen LogP contribution >= 0.6 is 0 Å². The van der Waals surface area contributed by atoms with E-state index in [1.807, 2.05) is 13.1 Å². The lowest BCUT2D eigenvalue weighted by molar-refractivity contribution is 0.212. The Morgan fingerprint density at radius 3 is 2.81 bits per heavy atom. The van der Waals surface area contributed by atoms with Gasteiger partial charge in [-0.25, -0.2) is 9.78 Å². The first-order valence-corrected chi connectivity index (χ1v) is 7.99. The fourth-order valence-corrected chi connectivity index (χ4v) is 2.42. The van der Waals surface area contributed by atoms with Crippen LogP contribution in [0.25, 0.3) is 11.3 Å². The van der Waals surface area contributed by atoms with Crippen LogP contribution in [0.1, 0.15) is 0 Å². The summed E-state index contributed by atoms with van der Waals surface area (Å²) >= 11 is 0. The maximum Gasteiger partial charge on any atom is 0.418 e. The number of aryl methyl sites for hydroxylation is 2. The van der Waals surface area contributed by atoms with Crippen LogP contribution in [0, 0.1) is 0 Å². The predicted molar refractivity (Wildman–Crippen MR) is 96.0 cm³/mol. The molecule has 3 N–H and O–H groups in total. The highest BCUT2D eigenvalue weighted by atomic mass is 16.6. The smallest absolute Gasteiger partial charge is 0.418 e. The van der Waals surface area contributed by atoms with Gasteiger partial charge in [0.05, 0.1) is 18.2 Å². The van der Waals surface area contributed by atoms with E-state index in [9.17, 15) is 4.79 Å². The van der Waals surface area contributed by atoms with Crippen molar-refractivity contribution in [2.24, 2.45) is 19.8 Å². The molecule has 0 saturated carbocycles. The normalized spacial score (nSPS) is 10.6. The highest BCUT2D eigenvalue weighted by Crippen LogP contribution is 2.32. The van der Waals surface area contributed by atoms with E-state index in [1.165, 1.54) is 6.20 Å². The average molecular weight is 356 g/mol. The zero-order valence-electron chi connectivity index (χ0n) is 14.5. The number of rotatable bonds is 6. The van der Waals surface area contributed by atoms with Gasteiger partial charge in [0, 0.05) is 38.1 Å².